The lowest BCUT2D eigenvalue weighted by molar-refractivity contribution is 0.158. The Kier molecular flexibility index (Phi) is 5.22. The van der Waals surface area contributed by atoms with Crippen LogP contribution in [0.1, 0.15) is 39.6 Å². The first-order valence-electron chi connectivity index (χ1n) is 6.20. The summed E-state index contributed by atoms with van der Waals surface area (Å²) in [6.07, 6.45) is 0.830. The average Bonchev–Trinajstić information content (AvgIpc) is 2.77. The van der Waals surface area contributed by atoms with E-state index in [9.17, 15) is 5.11 Å². The molecule has 18 heavy (non-hydrogen) atoms. The van der Waals surface area contributed by atoms with Crippen molar-refractivity contribution in [3.8, 4) is 0 Å². The summed E-state index contributed by atoms with van der Waals surface area (Å²) in [5.41, 5.74) is -0.0728. The minimum absolute atomic E-state index is 0.0728. The van der Waals surface area contributed by atoms with Crippen molar-refractivity contribution in [2.24, 2.45) is 4.99 Å². The molecule has 0 amide bonds. The van der Waals surface area contributed by atoms with E-state index in [-0.39, 0.29) is 12.1 Å². The maximum absolute atomic E-state index is 9.87. The van der Waals surface area contributed by atoms with Crippen molar-refractivity contribution in [2.75, 3.05) is 13.1 Å². The number of nitrogens with zero attached hydrogens (tertiary/aromatic N) is 1. The summed E-state index contributed by atoms with van der Waals surface area (Å²) in [6.45, 7) is 9.22. The average molecular weight is 253 g/mol. The molecule has 1 aromatic rings. The zero-order valence-corrected chi connectivity index (χ0v) is 11.5. The van der Waals surface area contributed by atoms with Gasteiger partial charge in [0.2, 0.25) is 0 Å². The van der Waals surface area contributed by atoms with E-state index in [1.54, 1.807) is 18.4 Å². The van der Waals surface area contributed by atoms with Crippen molar-refractivity contribution in [1.29, 1.82) is 0 Å². The summed E-state index contributed by atoms with van der Waals surface area (Å²) < 4.78 is 5.13. The molecule has 1 atom stereocenters. The van der Waals surface area contributed by atoms with Crippen LogP contribution in [0.25, 0.3) is 0 Å². The predicted octanol–water partition coefficient (Wildman–Crippen LogP) is 1.67. The molecule has 1 unspecified atom stereocenters. The summed E-state index contributed by atoms with van der Waals surface area (Å²) in [6, 6.07) is 3.49. The molecular formula is C13H23N3O2. The fourth-order valence-corrected chi connectivity index (χ4v) is 1.41. The number of guanidine groups is 1. The molecule has 102 valence electrons. The maximum Gasteiger partial charge on any atom is 0.191 e. The third kappa shape index (κ3) is 5.23. The topological polar surface area (TPSA) is 69.8 Å². The number of hydrogen-bond acceptors (Lipinski definition) is 3. The van der Waals surface area contributed by atoms with Crippen LogP contribution >= 0.6 is 0 Å². The summed E-state index contributed by atoms with van der Waals surface area (Å²) in [5.74, 6) is 1.22. The lowest BCUT2D eigenvalue weighted by Crippen LogP contribution is -2.47. The number of hydrogen-bond donors (Lipinski definition) is 3. The Morgan fingerprint density at radius 3 is 2.72 bits per heavy atom. The molecule has 5 heteroatoms. The quantitative estimate of drug-likeness (QED) is 0.564. The van der Waals surface area contributed by atoms with Gasteiger partial charge >= 0.3 is 0 Å². The van der Waals surface area contributed by atoms with E-state index in [1.807, 2.05) is 6.92 Å². The van der Waals surface area contributed by atoms with Gasteiger partial charge in [0.25, 0.3) is 0 Å². The fourth-order valence-electron chi connectivity index (χ4n) is 1.41. The monoisotopic (exact) mass is 253 g/mol. The number of furan rings is 1. The summed E-state index contributed by atoms with van der Waals surface area (Å²) in [7, 11) is 0. The minimum Gasteiger partial charge on any atom is -0.467 e. The number of nitrogens with one attached hydrogen (secondary N) is 2. The van der Waals surface area contributed by atoms with Gasteiger partial charge in [-0.1, -0.05) is 0 Å². The molecule has 0 aliphatic heterocycles. The standard InChI is InChI=1S/C13H23N3O2/c1-5-14-12(16-13(2,3)4)15-9-10(17)11-7-6-8-18-11/h6-8,10,17H,5,9H2,1-4H3,(H2,14,15,16). The molecular weight excluding hydrogens is 230 g/mol. The largest absolute Gasteiger partial charge is 0.467 e. The molecule has 0 saturated carbocycles. The Morgan fingerprint density at radius 1 is 1.50 bits per heavy atom. The van der Waals surface area contributed by atoms with Gasteiger partial charge in [0.15, 0.2) is 5.96 Å². The number of aliphatic imine (C=N–C) groups is 1. The van der Waals surface area contributed by atoms with Crippen LogP contribution in [0.4, 0.5) is 0 Å². The van der Waals surface area contributed by atoms with Gasteiger partial charge in [-0.15, -0.1) is 0 Å². The molecule has 0 saturated heterocycles. The SMILES string of the molecule is CCNC(=NCC(O)c1ccco1)NC(C)(C)C. The number of rotatable bonds is 4. The lowest BCUT2D eigenvalue weighted by Gasteiger charge is -2.23. The second-order valence-electron chi connectivity index (χ2n) is 5.13. The maximum atomic E-state index is 9.87. The highest BCUT2D eigenvalue weighted by atomic mass is 16.4. The second-order valence-corrected chi connectivity index (χ2v) is 5.13. The zero-order chi connectivity index (χ0) is 13.6. The first kappa shape index (κ1) is 14.6. The van der Waals surface area contributed by atoms with Gasteiger partial charge in [0, 0.05) is 12.1 Å². The molecule has 0 radical (unpaired) electrons. The van der Waals surface area contributed by atoms with Crippen molar-refractivity contribution >= 4 is 5.96 Å². The highest BCUT2D eigenvalue weighted by molar-refractivity contribution is 5.80. The first-order valence-corrected chi connectivity index (χ1v) is 6.20. The fraction of sp³-hybridized carbons (Fsp3) is 0.615. The van der Waals surface area contributed by atoms with Crippen LogP contribution in [0.3, 0.4) is 0 Å². The lowest BCUT2D eigenvalue weighted by atomic mass is 10.1. The van der Waals surface area contributed by atoms with E-state index in [4.69, 9.17) is 4.42 Å². The van der Waals surface area contributed by atoms with Gasteiger partial charge < -0.3 is 20.2 Å². The van der Waals surface area contributed by atoms with E-state index < -0.39 is 6.10 Å². The third-order valence-electron chi connectivity index (χ3n) is 2.13. The van der Waals surface area contributed by atoms with Gasteiger partial charge in [-0.25, -0.2) is 0 Å². The van der Waals surface area contributed by atoms with Crippen molar-refractivity contribution in [1.82, 2.24) is 10.6 Å². The van der Waals surface area contributed by atoms with Crippen LogP contribution in [-0.4, -0.2) is 29.7 Å². The van der Waals surface area contributed by atoms with Gasteiger partial charge in [-0.05, 0) is 39.8 Å². The van der Waals surface area contributed by atoms with E-state index in [1.165, 1.54) is 0 Å². The van der Waals surface area contributed by atoms with Crippen molar-refractivity contribution in [3.63, 3.8) is 0 Å². The van der Waals surface area contributed by atoms with Crippen LogP contribution in [0.5, 0.6) is 0 Å². The van der Waals surface area contributed by atoms with Crippen molar-refractivity contribution in [3.05, 3.63) is 24.2 Å². The first-order chi connectivity index (χ1) is 8.42. The Bertz CT molecular complexity index is 366. The molecule has 3 N–H and O–H groups in total. The van der Waals surface area contributed by atoms with Crippen molar-refractivity contribution in [2.45, 2.75) is 39.3 Å². The molecule has 1 rings (SSSR count). The van der Waals surface area contributed by atoms with Gasteiger partial charge in [0.1, 0.15) is 11.9 Å². The van der Waals surface area contributed by atoms with Crippen LogP contribution in [-0.2, 0) is 0 Å². The summed E-state index contributed by atoms with van der Waals surface area (Å²) >= 11 is 0. The molecule has 1 aromatic heterocycles. The zero-order valence-electron chi connectivity index (χ0n) is 11.5. The number of aliphatic hydroxyl groups excluding tert-OH is 1. The molecule has 0 bridgehead atoms. The number of aliphatic hydroxyl groups is 1. The smallest absolute Gasteiger partial charge is 0.191 e. The molecule has 0 fully saturated rings. The minimum atomic E-state index is -0.713. The van der Waals surface area contributed by atoms with Gasteiger partial charge in [0.05, 0.1) is 12.8 Å². The van der Waals surface area contributed by atoms with Gasteiger partial charge in [-0.3, -0.25) is 4.99 Å². The summed E-state index contributed by atoms with van der Waals surface area (Å²) in [4.78, 5) is 4.34. The molecule has 5 nitrogen and oxygen atoms in total. The molecule has 0 aliphatic carbocycles. The summed E-state index contributed by atoms with van der Waals surface area (Å²) in [5, 5.41) is 16.3. The highest BCUT2D eigenvalue weighted by Crippen LogP contribution is 2.12. The normalized spacial score (nSPS) is 14.4. The van der Waals surface area contributed by atoms with E-state index in [0.717, 1.165) is 6.54 Å². The predicted molar refractivity (Wildman–Crippen MR) is 72.5 cm³/mol. The highest BCUT2D eigenvalue weighted by Gasteiger charge is 2.13. The van der Waals surface area contributed by atoms with E-state index in [2.05, 4.69) is 36.4 Å². The second kappa shape index (κ2) is 6.44. The van der Waals surface area contributed by atoms with E-state index >= 15 is 0 Å². The molecule has 0 aromatic carbocycles. The van der Waals surface area contributed by atoms with Gasteiger partial charge in [-0.2, -0.15) is 0 Å². The molecule has 1 heterocycles. The van der Waals surface area contributed by atoms with Crippen LogP contribution in [0.15, 0.2) is 27.8 Å². The van der Waals surface area contributed by atoms with Crippen LogP contribution < -0.4 is 10.6 Å². The van der Waals surface area contributed by atoms with Crippen LogP contribution in [0, 0.1) is 0 Å². The Morgan fingerprint density at radius 2 is 2.22 bits per heavy atom. The Hall–Kier alpha value is -1.49. The van der Waals surface area contributed by atoms with Crippen molar-refractivity contribution < 1.29 is 9.52 Å². The van der Waals surface area contributed by atoms with Crippen LogP contribution in [0.2, 0.25) is 0 Å². The Labute approximate surface area is 108 Å². The molecule has 0 spiro atoms. The Balaban J connectivity index is 2.60. The molecule has 0 aliphatic rings. The van der Waals surface area contributed by atoms with E-state index in [0.29, 0.717) is 11.7 Å². The third-order valence-corrected chi connectivity index (χ3v) is 2.13.